The van der Waals surface area contributed by atoms with Crippen molar-refractivity contribution in [3.63, 3.8) is 0 Å². The largest absolute Gasteiger partial charge is 0.381 e. The molecular formula is C15H21NO4S. The highest BCUT2D eigenvalue weighted by Gasteiger charge is 2.52. The van der Waals surface area contributed by atoms with E-state index in [2.05, 4.69) is 0 Å². The lowest BCUT2D eigenvalue weighted by molar-refractivity contribution is -0.173. The topological polar surface area (TPSA) is 55.8 Å². The lowest BCUT2D eigenvalue weighted by atomic mass is 9.86. The highest BCUT2D eigenvalue weighted by Crippen LogP contribution is 2.38. The van der Waals surface area contributed by atoms with Crippen molar-refractivity contribution in [2.45, 2.75) is 36.4 Å². The summed E-state index contributed by atoms with van der Waals surface area (Å²) in [5, 5.41) is 0. The monoisotopic (exact) mass is 311 g/mol. The van der Waals surface area contributed by atoms with E-state index in [-0.39, 0.29) is 11.7 Å². The SMILES string of the molecule is CO[C@@H]1CCOC2(C1)CN(S(=O)(=O)c1ccccc1C)C2. The van der Waals surface area contributed by atoms with Gasteiger partial charge in [-0.05, 0) is 25.0 Å². The Morgan fingerprint density at radius 3 is 2.71 bits per heavy atom. The van der Waals surface area contributed by atoms with Crippen LogP contribution in [0.4, 0.5) is 0 Å². The number of benzene rings is 1. The maximum absolute atomic E-state index is 12.7. The van der Waals surface area contributed by atoms with Crippen molar-refractivity contribution in [3.05, 3.63) is 29.8 Å². The summed E-state index contributed by atoms with van der Waals surface area (Å²) in [5.74, 6) is 0. The predicted molar refractivity (Wildman–Crippen MR) is 78.7 cm³/mol. The van der Waals surface area contributed by atoms with Crippen molar-refractivity contribution in [3.8, 4) is 0 Å². The number of aryl methyl sites for hydroxylation is 1. The molecule has 0 radical (unpaired) electrons. The standard InChI is InChI=1S/C15H21NO4S/c1-12-5-3-4-6-14(12)21(17,18)16-10-15(11-16)9-13(19-2)7-8-20-15/h3-6,13H,7-11H2,1-2H3/t13-/m1/s1. The van der Waals surface area contributed by atoms with Crippen molar-refractivity contribution in [2.75, 3.05) is 26.8 Å². The highest BCUT2D eigenvalue weighted by molar-refractivity contribution is 7.89. The second-order valence-corrected chi connectivity index (χ2v) is 7.83. The smallest absolute Gasteiger partial charge is 0.243 e. The van der Waals surface area contributed by atoms with Crippen molar-refractivity contribution < 1.29 is 17.9 Å². The number of ether oxygens (including phenoxy) is 2. The van der Waals surface area contributed by atoms with Crippen LogP contribution in [0, 0.1) is 6.92 Å². The Bertz CT molecular complexity index is 622. The minimum atomic E-state index is -3.42. The molecule has 1 aromatic rings. The molecular weight excluding hydrogens is 290 g/mol. The zero-order valence-electron chi connectivity index (χ0n) is 12.4. The zero-order valence-corrected chi connectivity index (χ0v) is 13.2. The van der Waals surface area contributed by atoms with E-state index in [1.165, 1.54) is 4.31 Å². The molecule has 0 aromatic heterocycles. The fourth-order valence-electron chi connectivity index (χ4n) is 3.16. The molecule has 0 unspecified atom stereocenters. The van der Waals surface area contributed by atoms with E-state index in [0.29, 0.717) is 24.6 Å². The van der Waals surface area contributed by atoms with E-state index >= 15 is 0 Å². The van der Waals surface area contributed by atoms with E-state index in [4.69, 9.17) is 9.47 Å². The van der Waals surface area contributed by atoms with Crippen LogP contribution in [0.3, 0.4) is 0 Å². The summed E-state index contributed by atoms with van der Waals surface area (Å²) in [6, 6.07) is 7.09. The molecule has 0 N–H and O–H groups in total. The number of sulfonamides is 1. The van der Waals surface area contributed by atoms with Crippen molar-refractivity contribution >= 4 is 10.0 Å². The van der Waals surface area contributed by atoms with E-state index in [9.17, 15) is 8.42 Å². The van der Waals surface area contributed by atoms with Gasteiger partial charge in [0.2, 0.25) is 10.0 Å². The Kier molecular flexibility index (Phi) is 3.81. The van der Waals surface area contributed by atoms with Crippen LogP contribution < -0.4 is 0 Å². The second kappa shape index (κ2) is 5.35. The fraction of sp³-hybridized carbons (Fsp3) is 0.600. The fourth-order valence-corrected chi connectivity index (χ4v) is 4.97. The van der Waals surface area contributed by atoms with Gasteiger partial charge in [0.05, 0.1) is 16.6 Å². The molecule has 0 bridgehead atoms. The Labute approximate surface area is 125 Å². The normalized spacial score (nSPS) is 25.7. The Morgan fingerprint density at radius 2 is 2.05 bits per heavy atom. The molecule has 0 saturated carbocycles. The summed E-state index contributed by atoms with van der Waals surface area (Å²) in [7, 11) is -1.72. The summed E-state index contributed by atoms with van der Waals surface area (Å²) < 4.78 is 38.0. The molecule has 2 aliphatic heterocycles. The van der Waals surface area contributed by atoms with Gasteiger partial charge in [-0.25, -0.2) is 8.42 Å². The quantitative estimate of drug-likeness (QED) is 0.850. The van der Waals surface area contributed by atoms with E-state index < -0.39 is 10.0 Å². The van der Waals surface area contributed by atoms with E-state index in [1.54, 1.807) is 19.2 Å². The zero-order chi connectivity index (χ0) is 15.1. The molecule has 116 valence electrons. The van der Waals surface area contributed by atoms with Crippen LogP contribution in [0.2, 0.25) is 0 Å². The lowest BCUT2D eigenvalue weighted by Crippen LogP contribution is -2.67. The van der Waals surface area contributed by atoms with Gasteiger partial charge in [-0.3, -0.25) is 0 Å². The molecule has 2 fully saturated rings. The summed E-state index contributed by atoms with van der Waals surface area (Å²) in [5.41, 5.74) is 0.423. The molecule has 2 aliphatic rings. The third-order valence-corrected chi connectivity index (χ3v) is 6.37. The number of hydrogen-bond donors (Lipinski definition) is 0. The minimum Gasteiger partial charge on any atom is -0.381 e. The molecule has 6 heteroatoms. The van der Waals surface area contributed by atoms with Gasteiger partial charge < -0.3 is 9.47 Å². The molecule has 1 aromatic carbocycles. The van der Waals surface area contributed by atoms with E-state index in [1.807, 2.05) is 19.1 Å². The maximum Gasteiger partial charge on any atom is 0.243 e. The maximum atomic E-state index is 12.7. The third-order valence-electron chi connectivity index (χ3n) is 4.42. The number of hydrogen-bond acceptors (Lipinski definition) is 4. The molecule has 0 aliphatic carbocycles. The van der Waals surface area contributed by atoms with Crippen molar-refractivity contribution in [1.29, 1.82) is 0 Å². The molecule has 1 spiro atoms. The molecule has 3 rings (SSSR count). The molecule has 1 atom stereocenters. The van der Waals surface area contributed by atoms with Crippen LogP contribution in [0.15, 0.2) is 29.2 Å². The first kappa shape index (κ1) is 15.0. The van der Waals surface area contributed by atoms with E-state index in [0.717, 1.165) is 18.4 Å². The summed E-state index contributed by atoms with van der Waals surface area (Å²) in [6.45, 7) is 3.30. The molecule has 0 amide bonds. The van der Waals surface area contributed by atoms with Crippen LogP contribution in [0.1, 0.15) is 18.4 Å². The first-order valence-corrected chi connectivity index (χ1v) is 8.63. The number of nitrogens with zero attached hydrogens (tertiary/aromatic N) is 1. The Balaban J connectivity index is 1.75. The van der Waals surface area contributed by atoms with Gasteiger partial charge in [-0.2, -0.15) is 4.31 Å². The van der Waals surface area contributed by atoms with Crippen molar-refractivity contribution in [1.82, 2.24) is 4.31 Å². The number of rotatable bonds is 3. The number of methoxy groups -OCH3 is 1. The second-order valence-electron chi connectivity index (χ2n) is 5.92. The van der Waals surface area contributed by atoms with Crippen LogP contribution in [-0.2, 0) is 19.5 Å². The summed E-state index contributed by atoms with van der Waals surface area (Å²) in [6.07, 6.45) is 1.81. The van der Waals surface area contributed by atoms with Gasteiger partial charge in [-0.1, -0.05) is 18.2 Å². The van der Waals surface area contributed by atoms with Gasteiger partial charge >= 0.3 is 0 Å². The third kappa shape index (κ3) is 2.61. The minimum absolute atomic E-state index is 0.169. The van der Waals surface area contributed by atoms with Crippen LogP contribution >= 0.6 is 0 Å². The average molecular weight is 311 g/mol. The molecule has 2 heterocycles. The van der Waals surface area contributed by atoms with Crippen LogP contribution in [0.25, 0.3) is 0 Å². The van der Waals surface area contributed by atoms with Crippen LogP contribution in [-0.4, -0.2) is 51.2 Å². The first-order valence-electron chi connectivity index (χ1n) is 7.19. The predicted octanol–water partition coefficient (Wildman–Crippen LogP) is 1.56. The van der Waals surface area contributed by atoms with Gasteiger partial charge in [0.15, 0.2) is 0 Å². The van der Waals surface area contributed by atoms with Gasteiger partial charge in [0, 0.05) is 33.2 Å². The average Bonchev–Trinajstić information content (AvgIpc) is 2.45. The first-order chi connectivity index (χ1) is 9.97. The summed E-state index contributed by atoms with van der Waals surface area (Å²) >= 11 is 0. The lowest BCUT2D eigenvalue weighted by Gasteiger charge is -2.52. The highest BCUT2D eigenvalue weighted by atomic mass is 32.2. The van der Waals surface area contributed by atoms with Crippen molar-refractivity contribution in [2.24, 2.45) is 0 Å². The summed E-state index contributed by atoms with van der Waals surface area (Å²) in [4.78, 5) is 0.388. The van der Waals surface area contributed by atoms with Crippen LogP contribution in [0.5, 0.6) is 0 Å². The molecule has 2 saturated heterocycles. The molecule has 21 heavy (non-hydrogen) atoms. The Hall–Kier alpha value is -0.950. The van der Waals surface area contributed by atoms with Gasteiger partial charge in [-0.15, -0.1) is 0 Å². The Morgan fingerprint density at radius 1 is 1.33 bits per heavy atom. The van der Waals surface area contributed by atoms with Gasteiger partial charge in [0.25, 0.3) is 0 Å². The van der Waals surface area contributed by atoms with Gasteiger partial charge in [0.1, 0.15) is 0 Å². The molecule has 5 nitrogen and oxygen atoms in total.